The number of hydrogen-bond acceptors (Lipinski definition) is 3. The summed E-state index contributed by atoms with van der Waals surface area (Å²) in [5.41, 5.74) is 4.34. The van der Waals surface area contributed by atoms with Crippen LogP contribution in [0.5, 0.6) is 0 Å². The molecule has 22 heavy (non-hydrogen) atoms. The summed E-state index contributed by atoms with van der Waals surface area (Å²) in [5, 5.41) is 16.6. The highest BCUT2D eigenvalue weighted by Crippen LogP contribution is 2.36. The van der Waals surface area contributed by atoms with E-state index in [1.165, 1.54) is 21.9 Å². The van der Waals surface area contributed by atoms with Crippen LogP contribution in [0.3, 0.4) is 0 Å². The van der Waals surface area contributed by atoms with Crippen LogP contribution < -0.4 is 0 Å². The van der Waals surface area contributed by atoms with Crippen molar-refractivity contribution >= 4 is 29.6 Å². The van der Waals surface area contributed by atoms with Crippen LogP contribution in [0, 0.1) is 0 Å². The third kappa shape index (κ3) is 2.62. The first-order valence-corrected chi connectivity index (χ1v) is 7.02. The Morgan fingerprint density at radius 1 is 0.682 bits per heavy atom. The summed E-state index contributed by atoms with van der Waals surface area (Å²) in [6.07, 6.45) is 0. The second-order valence-electron chi connectivity index (χ2n) is 4.78. The summed E-state index contributed by atoms with van der Waals surface area (Å²) in [5.74, 6) is 0. The summed E-state index contributed by atoms with van der Waals surface area (Å²) >= 11 is 0. The Labute approximate surface area is 128 Å². The van der Waals surface area contributed by atoms with E-state index in [0.29, 0.717) is 0 Å². The fourth-order valence-corrected chi connectivity index (χ4v) is 2.63. The molecule has 4 aromatic rings. The van der Waals surface area contributed by atoms with E-state index in [0.717, 1.165) is 11.2 Å². The molecule has 0 unspecified atom stereocenters. The molecule has 0 atom stereocenters. The molecule has 1 heterocycles. The zero-order valence-electron chi connectivity index (χ0n) is 11.9. The zero-order valence-corrected chi connectivity index (χ0v) is 11.9. The van der Waals surface area contributed by atoms with Crippen molar-refractivity contribution in [1.29, 1.82) is 0 Å². The molecule has 0 saturated heterocycles. The second-order valence-corrected chi connectivity index (χ2v) is 4.78. The highest BCUT2D eigenvalue weighted by Gasteiger charge is 2.11. The van der Waals surface area contributed by atoms with Crippen molar-refractivity contribution in [2.75, 3.05) is 0 Å². The Morgan fingerprint density at radius 2 is 1.32 bits per heavy atom. The van der Waals surface area contributed by atoms with E-state index in [1.54, 1.807) is 0 Å². The Kier molecular flexibility index (Phi) is 4.23. The summed E-state index contributed by atoms with van der Waals surface area (Å²) in [4.78, 5) is 0. The largest absolute Gasteiger partial charge is 0.456 e. The Balaban J connectivity index is 0.000000446. The van der Waals surface area contributed by atoms with Crippen molar-refractivity contribution < 1.29 is 14.5 Å². The molecule has 0 saturated carbocycles. The van der Waals surface area contributed by atoms with Crippen LogP contribution in [0.4, 0.5) is 0 Å². The Morgan fingerprint density at radius 3 is 2.09 bits per heavy atom. The number of para-hydroxylation sites is 1. The molecule has 0 amide bonds. The fourth-order valence-electron chi connectivity index (χ4n) is 2.63. The number of furan rings is 1. The van der Waals surface area contributed by atoms with Gasteiger partial charge in [-0.1, -0.05) is 60.7 Å². The molecule has 0 aliphatic carbocycles. The normalized spacial score (nSPS) is 10.3. The maximum absolute atomic E-state index is 7.12. The van der Waals surface area contributed by atoms with Crippen LogP contribution >= 0.6 is 0 Å². The Bertz CT molecular complexity index is 885. The molecule has 0 spiro atoms. The average Bonchev–Trinajstić information content (AvgIpc) is 2.95. The van der Waals surface area contributed by atoms with Gasteiger partial charge in [0.2, 0.25) is 0 Å². The third-order valence-corrected chi connectivity index (χ3v) is 3.49. The predicted octanol–water partition coefficient (Wildman–Crippen LogP) is 3.49. The lowest BCUT2D eigenvalue weighted by Crippen LogP contribution is -1.78. The van der Waals surface area contributed by atoms with E-state index in [1.807, 2.05) is 30.3 Å². The van der Waals surface area contributed by atoms with E-state index in [4.69, 9.17) is 14.5 Å². The van der Waals surface area contributed by atoms with Gasteiger partial charge >= 0.3 is 7.69 Å². The van der Waals surface area contributed by atoms with Gasteiger partial charge in [-0.3, -0.25) is 0 Å². The van der Waals surface area contributed by atoms with E-state index in [9.17, 15) is 0 Å². The van der Waals surface area contributed by atoms with Crippen molar-refractivity contribution in [3.8, 4) is 11.1 Å². The molecule has 3 nitrogen and oxygen atoms in total. The minimum Gasteiger partial charge on any atom is -0.456 e. The zero-order chi connectivity index (χ0) is 15.4. The number of benzene rings is 3. The highest BCUT2D eigenvalue weighted by molar-refractivity contribution is 6.13. The minimum absolute atomic E-state index is 0.750. The van der Waals surface area contributed by atoms with Gasteiger partial charge in [0.05, 0.1) is 0 Å². The van der Waals surface area contributed by atoms with Crippen LogP contribution in [0.2, 0.25) is 0 Å². The minimum atomic E-state index is -0.750. The van der Waals surface area contributed by atoms with Gasteiger partial charge in [-0.2, -0.15) is 0 Å². The lowest BCUT2D eigenvalue weighted by atomic mass is 10.00. The molecular formula is C18H15BO3. The van der Waals surface area contributed by atoms with Gasteiger partial charge in [0, 0.05) is 10.8 Å². The molecule has 1 aromatic heterocycles. The molecular weight excluding hydrogens is 275 g/mol. The quantitative estimate of drug-likeness (QED) is 0.528. The van der Waals surface area contributed by atoms with Crippen LogP contribution in [0.1, 0.15) is 0 Å². The number of hydrogen-bond donors (Lipinski definition) is 2. The predicted molar refractivity (Wildman–Crippen MR) is 90.7 cm³/mol. The van der Waals surface area contributed by atoms with Crippen molar-refractivity contribution in [1.82, 2.24) is 0 Å². The van der Waals surface area contributed by atoms with E-state index >= 15 is 0 Å². The first kappa shape index (κ1) is 14.4. The summed E-state index contributed by atoms with van der Waals surface area (Å²) in [6.45, 7) is 0. The first-order valence-electron chi connectivity index (χ1n) is 7.02. The van der Waals surface area contributed by atoms with Gasteiger partial charge in [0.1, 0.15) is 11.2 Å². The SMILES string of the molecule is OBO.c1ccc(-c2cccc3oc4ccccc4c23)cc1. The van der Waals surface area contributed by atoms with E-state index < -0.39 is 7.69 Å². The monoisotopic (exact) mass is 290 g/mol. The molecule has 3 aromatic carbocycles. The van der Waals surface area contributed by atoms with Crippen LogP contribution in [0.25, 0.3) is 33.1 Å². The highest BCUT2D eigenvalue weighted by atomic mass is 16.4. The van der Waals surface area contributed by atoms with E-state index in [-0.39, 0.29) is 0 Å². The molecule has 4 rings (SSSR count). The third-order valence-electron chi connectivity index (χ3n) is 3.49. The Hall–Kier alpha value is -2.56. The topological polar surface area (TPSA) is 53.6 Å². The second kappa shape index (κ2) is 6.47. The smallest absolute Gasteiger partial charge is 0.432 e. The van der Waals surface area contributed by atoms with Gasteiger partial charge in [0.25, 0.3) is 0 Å². The van der Waals surface area contributed by atoms with Gasteiger partial charge in [-0.05, 0) is 23.3 Å². The molecule has 0 aliphatic heterocycles. The summed E-state index contributed by atoms with van der Waals surface area (Å²) in [7, 11) is -0.750. The fraction of sp³-hybridized carbons (Fsp3) is 0. The van der Waals surface area contributed by atoms with Crippen LogP contribution in [-0.4, -0.2) is 17.7 Å². The molecule has 108 valence electrons. The number of rotatable bonds is 1. The van der Waals surface area contributed by atoms with Crippen molar-refractivity contribution in [2.24, 2.45) is 0 Å². The van der Waals surface area contributed by atoms with Gasteiger partial charge in [-0.15, -0.1) is 0 Å². The molecule has 4 heteroatoms. The standard InChI is InChI=1S/C18H12O.BH3O2/c1-2-7-13(8-3-1)14-10-6-12-17-18(14)15-9-4-5-11-16(15)19-17;2-1-3/h1-12H;1-3H. The number of fused-ring (bicyclic) bond motifs is 3. The van der Waals surface area contributed by atoms with Crippen LogP contribution in [0.15, 0.2) is 77.2 Å². The molecule has 0 aliphatic rings. The summed E-state index contributed by atoms with van der Waals surface area (Å²) < 4.78 is 5.91. The van der Waals surface area contributed by atoms with Crippen molar-refractivity contribution in [3.05, 3.63) is 72.8 Å². The maximum Gasteiger partial charge on any atom is 0.432 e. The van der Waals surface area contributed by atoms with Gasteiger partial charge in [-0.25, -0.2) is 0 Å². The summed E-state index contributed by atoms with van der Waals surface area (Å²) in [6, 6.07) is 24.9. The molecule has 2 N–H and O–H groups in total. The van der Waals surface area contributed by atoms with Crippen molar-refractivity contribution in [2.45, 2.75) is 0 Å². The molecule has 0 bridgehead atoms. The van der Waals surface area contributed by atoms with Gasteiger partial charge in [0.15, 0.2) is 0 Å². The molecule has 0 radical (unpaired) electrons. The van der Waals surface area contributed by atoms with Crippen molar-refractivity contribution in [3.63, 3.8) is 0 Å². The molecule has 0 fully saturated rings. The first-order chi connectivity index (χ1) is 10.8. The average molecular weight is 290 g/mol. The van der Waals surface area contributed by atoms with Crippen LogP contribution in [-0.2, 0) is 0 Å². The van der Waals surface area contributed by atoms with E-state index in [2.05, 4.69) is 42.5 Å². The lowest BCUT2D eigenvalue weighted by molar-refractivity contribution is 0.448. The lowest BCUT2D eigenvalue weighted by Gasteiger charge is -2.03. The van der Waals surface area contributed by atoms with Gasteiger partial charge < -0.3 is 14.5 Å². The maximum atomic E-state index is 7.12.